The Balaban J connectivity index is 1.74. The molecule has 3 aromatic rings. The number of aryl methyl sites for hydroxylation is 1. The zero-order chi connectivity index (χ0) is 19.6. The van der Waals surface area contributed by atoms with E-state index in [0.29, 0.717) is 5.56 Å². The van der Waals surface area contributed by atoms with Crippen LogP contribution in [0.4, 0.5) is 24.5 Å². The summed E-state index contributed by atoms with van der Waals surface area (Å²) in [5, 5.41) is 17.4. The molecule has 7 nitrogen and oxygen atoms in total. The molecule has 0 fully saturated rings. The summed E-state index contributed by atoms with van der Waals surface area (Å²) in [6, 6.07) is 9.61. The van der Waals surface area contributed by atoms with Gasteiger partial charge in [0.1, 0.15) is 0 Å². The lowest BCUT2D eigenvalue weighted by molar-refractivity contribution is -0.384. The maximum Gasteiger partial charge on any atom is 0.416 e. The predicted molar refractivity (Wildman–Crippen MR) is 89.9 cm³/mol. The second kappa shape index (κ2) is 7.06. The third-order valence-electron chi connectivity index (χ3n) is 3.77. The molecule has 3 rings (SSSR count). The molecule has 1 heterocycles. The van der Waals surface area contributed by atoms with E-state index >= 15 is 0 Å². The predicted octanol–water partition coefficient (Wildman–Crippen LogP) is 4.58. The van der Waals surface area contributed by atoms with Crippen molar-refractivity contribution in [1.82, 2.24) is 10.1 Å². The smallest absolute Gasteiger partial charge is 0.376 e. The first-order valence-corrected chi connectivity index (χ1v) is 7.73. The molecule has 0 bridgehead atoms. The average molecular weight is 378 g/mol. The highest BCUT2D eigenvalue weighted by molar-refractivity contribution is 5.58. The third-order valence-corrected chi connectivity index (χ3v) is 3.77. The molecule has 1 aromatic heterocycles. The SMILES string of the molecule is Cc1ccc(NCc2nc(-c3cccc([N+](=O)[O-])c3)no2)cc1C(F)(F)F. The number of nitro benzene ring substituents is 1. The fourth-order valence-electron chi connectivity index (χ4n) is 2.42. The van der Waals surface area contributed by atoms with Crippen molar-refractivity contribution in [3.63, 3.8) is 0 Å². The molecule has 10 heteroatoms. The number of non-ortho nitro benzene ring substituents is 1. The van der Waals surface area contributed by atoms with Crippen LogP contribution in [-0.4, -0.2) is 15.1 Å². The number of anilines is 1. The number of rotatable bonds is 5. The lowest BCUT2D eigenvalue weighted by Crippen LogP contribution is -2.09. The van der Waals surface area contributed by atoms with Crippen molar-refractivity contribution in [1.29, 1.82) is 0 Å². The van der Waals surface area contributed by atoms with Gasteiger partial charge in [0, 0.05) is 23.4 Å². The van der Waals surface area contributed by atoms with Crippen LogP contribution < -0.4 is 5.32 Å². The highest BCUT2D eigenvalue weighted by atomic mass is 19.4. The Kier molecular flexibility index (Phi) is 4.80. The average Bonchev–Trinajstić information content (AvgIpc) is 3.09. The molecule has 27 heavy (non-hydrogen) atoms. The minimum atomic E-state index is -4.44. The zero-order valence-corrected chi connectivity index (χ0v) is 13.9. The fourth-order valence-corrected chi connectivity index (χ4v) is 2.42. The largest absolute Gasteiger partial charge is 0.416 e. The number of halogens is 3. The van der Waals surface area contributed by atoms with Crippen LogP contribution in [0.5, 0.6) is 0 Å². The number of aromatic nitrogens is 2. The minimum Gasteiger partial charge on any atom is -0.376 e. The molecular weight excluding hydrogens is 365 g/mol. The van der Waals surface area contributed by atoms with Crippen molar-refractivity contribution in [2.75, 3.05) is 5.32 Å². The number of nitrogens with one attached hydrogen (secondary N) is 1. The monoisotopic (exact) mass is 378 g/mol. The van der Waals surface area contributed by atoms with Crippen molar-refractivity contribution in [2.24, 2.45) is 0 Å². The molecule has 140 valence electrons. The molecule has 2 aromatic carbocycles. The van der Waals surface area contributed by atoms with E-state index in [0.717, 1.165) is 6.07 Å². The first kappa shape index (κ1) is 18.4. The summed E-state index contributed by atoms with van der Waals surface area (Å²) in [6.07, 6.45) is -4.44. The first-order chi connectivity index (χ1) is 12.7. The highest BCUT2D eigenvalue weighted by Crippen LogP contribution is 2.33. The minimum absolute atomic E-state index is 0.00227. The summed E-state index contributed by atoms with van der Waals surface area (Å²) in [5.41, 5.74) is -0.0673. The van der Waals surface area contributed by atoms with Crippen LogP contribution >= 0.6 is 0 Å². The van der Waals surface area contributed by atoms with E-state index in [2.05, 4.69) is 15.5 Å². The van der Waals surface area contributed by atoms with Crippen LogP contribution in [0, 0.1) is 17.0 Å². The standard InChI is InChI=1S/C17H13F3N4O3/c1-10-5-6-12(8-14(10)17(18,19)20)21-9-15-22-16(23-27-15)11-3-2-4-13(7-11)24(25)26/h2-8,21H,9H2,1H3. The molecule has 0 unspecified atom stereocenters. The quantitative estimate of drug-likeness (QED) is 0.516. The number of benzene rings is 2. The Hall–Kier alpha value is -3.43. The van der Waals surface area contributed by atoms with E-state index in [1.165, 1.54) is 37.3 Å². The number of nitrogens with zero attached hydrogens (tertiary/aromatic N) is 3. The topological polar surface area (TPSA) is 94.1 Å². The molecule has 1 N–H and O–H groups in total. The van der Waals surface area contributed by atoms with Gasteiger partial charge in [0.05, 0.1) is 17.0 Å². The molecule has 0 aliphatic rings. The lowest BCUT2D eigenvalue weighted by Gasteiger charge is -2.12. The van der Waals surface area contributed by atoms with Crippen molar-refractivity contribution in [2.45, 2.75) is 19.6 Å². The van der Waals surface area contributed by atoms with Gasteiger partial charge in [-0.25, -0.2) is 0 Å². The van der Waals surface area contributed by atoms with Gasteiger partial charge in [-0.3, -0.25) is 10.1 Å². The van der Waals surface area contributed by atoms with Gasteiger partial charge < -0.3 is 9.84 Å². The number of hydrogen-bond acceptors (Lipinski definition) is 6. The van der Waals surface area contributed by atoms with Crippen LogP contribution in [0.1, 0.15) is 17.0 Å². The van der Waals surface area contributed by atoms with Crippen molar-refractivity contribution < 1.29 is 22.6 Å². The summed E-state index contributed by atoms with van der Waals surface area (Å²) < 4.78 is 43.9. The highest BCUT2D eigenvalue weighted by Gasteiger charge is 2.32. The second-order valence-electron chi connectivity index (χ2n) is 5.70. The maximum absolute atomic E-state index is 13.0. The fraction of sp³-hybridized carbons (Fsp3) is 0.176. The lowest BCUT2D eigenvalue weighted by atomic mass is 10.1. The molecule has 0 saturated carbocycles. The Morgan fingerprint density at radius 3 is 2.70 bits per heavy atom. The van der Waals surface area contributed by atoms with Gasteiger partial charge >= 0.3 is 6.18 Å². The van der Waals surface area contributed by atoms with Crippen LogP contribution in [0.25, 0.3) is 11.4 Å². The first-order valence-electron chi connectivity index (χ1n) is 7.73. The van der Waals surface area contributed by atoms with E-state index in [1.54, 1.807) is 6.07 Å². The van der Waals surface area contributed by atoms with E-state index in [-0.39, 0.29) is 35.2 Å². The van der Waals surface area contributed by atoms with Crippen LogP contribution in [0.3, 0.4) is 0 Å². The summed E-state index contributed by atoms with van der Waals surface area (Å²) in [5.74, 6) is 0.279. The van der Waals surface area contributed by atoms with Crippen LogP contribution in [0.15, 0.2) is 47.0 Å². The van der Waals surface area contributed by atoms with Gasteiger partial charge in [0.2, 0.25) is 11.7 Å². The summed E-state index contributed by atoms with van der Waals surface area (Å²) in [7, 11) is 0. The van der Waals surface area contributed by atoms with Gasteiger partial charge in [0.25, 0.3) is 5.69 Å². The zero-order valence-electron chi connectivity index (χ0n) is 13.9. The van der Waals surface area contributed by atoms with E-state index in [4.69, 9.17) is 4.52 Å². The normalized spacial score (nSPS) is 11.4. The van der Waals surface area contributed by atoms with Crippen LogP contribution in [-0.2, 0) is 12.7 Å². The van der Waals surface area contributed by atoms with Gasteiger partial charge in [-0.15, -0.1) is 0 Å². The molecule has 0 saturated heterocycles. The van der Waals surface area contributed by atoms with Crippen molar-refractivity contribution in [3.8, 4) is 11.4 Å². The summed E-state index contributed by atoms with van der Waals surface area (Å²) in [4.78, 5) is 14.4. The Labute approximate surface area is 151 Å². The Morgan fingerprint density at radius 1 is 1.22 bits per heavy atom. The number of nitro groups is 1. The molecule has 0 radical (unpaired) electrons. The van der Waals surface area contributed by atoms with E-state index in [1.807, 2.05) is 0 Å². The Bertz CT molecular complexity index is 986. The molecule has 0 atom stereocenters. The van der Waals surface area contributed by atoms with E-state index in [9.17, 15) is 23.3 Å². The molecule has 0 spiro atoms. The van der Waals surface area contributed by atoms with Crippen molar-refractivity contribution >= 4 is 11.4 Å². The van der Waals surface area contributed by atoms with E-state index < -0.39 is 16.7 Å². The van der Waals surface area contributed by atoms with Gasteiger partial charge in [0.15, 0.2) is 0 Å². The molecular formula is C17H13F3N4O3. The Morgan fingerprint density at radius 2 is 2.00 bits per heavy atom. The van der Waals surface area contributed by atoms with Gasteiger partial charge in [-0.1, -0.05) is 23.4 Å². The summed E-state index contributed by atoms with van der Waals surface area (Å²) >= 11 is 0. The number of hydrogen-bond donors (Lipinski definition) is 1. The van der Waals surface area contributed by atoms with Gasteiger partial charge in [-0.05, 0) is 24.6 Å². The second-order valence-corrected chi connectivity index (χ2v) is 5.70. The molecule has 0 aliphatic carbocycles. The van der Waals surface area contributed by atoms with Crippen LogP contribution in [0.2, 0.25) is 0 Å². The van der Waals surface area contributed by atoms with Crippen molar-refractivity contribution in [3.05, 3.63) is 69.6 Å². The number of alkyl halides is 3. The maximum atomic E-state index is 13.0. The molecule has 0 amide bonds. The molecule has 0 aliphatic heterocycles. The van der Waals surface area contributed by atoms with Gasteiger partial charge in [-0.2, -0.15) is 18.2 Å². The summed E-state index contributed by atoms with van der Waals surface area (Å²) in [6.45, 7) is 1.39. The third kappa shape index (κ3) is 4.22.